The van der Waals surface area contributed by atoms with E-state index in [1.165, 1.54) is 41.0 Å². The van der Waals surface area contributed by atoms with Gasteiger partial charge in [0.2, 0.25) is 5.91 Å². The van der Waals surface area contributed by atoms with Crippen molar-refractivity contribution in [2.24, 2.45) is 5.92 Å². The molecule has 1 N–H and O–H groups in total. The van der Waals surface area contributed by atoms with Gasteiger partial charge in [-0.25, -0.2) is 9.36 Å². The fraction of sp³-hybridized carbons (Fsp3) is 0.267. The van der Waals surface area contributed by atoms with Gasteiger partial charge >= 0.3 is 6.55 Å². The summed E-state index contributed by atoms with van der Waals surface area (Å²) in [5, 5.41) is 15.1. The van der Waals surface area contributed by atoms with Gasteiger partial charge in [-0.2, -0.15) is 13.9 Å². The van der Waals surface area contributed by atoms with Crippen molar-refractivity contribution in [1.82, 2.24) is 34.3 Å². The van der Waals surface area contributed by atoms with E-state index in [1.807, 2.05) is 0 Å². The minimum absolute atomic E-state index is 0.0375. The lowest BCUT2D eigenvalue weighted by atomic mass is 9.96. The quantitative estimate of drug-likeness (QED) is 0.232. The number of anilines is 1. The molecule has 11 nitrogen and oxygen atoms in total. The van der Waals surface area contributed by atoms with Crippen LogP contribution in [0.4, 0.5) is 14.5 Å². The maximum atomic E-state index is 14.0. The number of rotatable bonds is 5. The largest absolute Gasteiger partial charge is 0.495 e. The average molecular weight is 655 g/mol. The topological polar surface area (TPSA) is 122 Å². The number of carbonyl (C=O) groups is 1. The van der Waals surface area contributed by atoms with Crippen LogP contribution in [0, 0.1) is 5.92 Å². The number of aromatic nitrogens is 7. The van der Waals surface area contributed by atoms with Crippen molar-refractivity contribution < 1.29 is 18.3 Å². The number of methoxy groups -OCH3 is 1. The summed E-state index contributed by atoms with van der Waals surface area (Å²) >= 11 is 12.4. The molecule has 0 radical (unpaired) electrons. The molecule has 0 saturated carbocycles. The first kappa shape index (κ1) is 30.4. The molecular formula is C30H26Cl2F2N8O3. The smallest absolute Gasteiger partial charge is 0.333 e. The average Bonchev–Trinajstić information content (AvgIpc) is 3.65. The highest BCUT2D eigenvalue weighted by Gasteiger charge is 2.27. The third-order valence-corrected chi connectivity index (χ3v) is 8.17. The third-order valence-electron chi connectivity index (χ3n) is 7.76. The molecule has 232 valence electrons. The van der Waals surface area contributed by atoms with Crippen molar-refractivity contribution in [1.29, 1.82) is 0 Å². The summed E-state index contributed by atoms with van der Waals surface area (Å²) in [6, 6.07) is 9.11. The molecule has 6 rings (SSSR count). The number of carbonyl (C=O) groups excluding carboxylic acids is 1. The number of halogens is 4. The number of hydrogen-bond donors (Lipinski definition) is 1. The normalized spacial score (nSPS) is 16.9. The van der Waals surface area contributed by atoms with Crippen LogP contribution in [0.25, 0.3) is 28.1 Å². The van der Waals surface area contributed by atoms with Crippen LogP contribution in [0.15, 0.2) is 66.0 Å². The molecule has 4 aromatic heterocycles. The highest BCUT2D eigenvalue weighted by atomic mass is 35.5. The monoisotopic (exact) mass is 654 g/mol. The van der Waals surface area contributed by atoms with Crippen molar-refractivity contribution in [2.75, 3.05) is 12.4 Å². The molecule has 1 aliphatic rings. The van der Waals surface area contributed by atoms with Gasteiger partial charge in [-0.1, -0.05) is 41.8 Å². The second-order valence-corrected chi connectivity index (χ2v) is 11.4. The highest BCUT2D eigenvalue weighted by Crippen LogP contribution is 2.38. The van der Waals surface area contributed by atoms with Gasteiger partial charge in [0.1, 0.15) is 5.75 Å². The fourth-order valence-corrected chi connectivity index (χ4v) is 5.83. The predicted molar refractivity (Wildman–Crippen MR) is 164 cm³/mol. The van der Waals surface area contributed by atoms with E-state index in [0.29, 0.717) is 62.8 Å². The minimum atomic E-state index is -2.95. The summed E-state index contributed by atoms with van der Waals surface area (Å²) in [5.41, 5.74) is 2.22. The molecule has 0 unspecified atom stereocenters. The molecule has 0 saturated heterocycles. The van der Waals surface area contributed by atoms with Crippen LogP contribution in [0.1, 0.15) is 44.5 Å². The molecule has 1 amide bonds. The number of nitrogens with zero attached hydrogens (tertiary/aromatic N) is 7. The molecule has 5 aromatic rings. The van der Waals surface area contributed by atoms with E-state index >= 15 is 0 Å². The van der Waals surface area contributed by atoms with Gasteiger partial charge in [0, 0.05) is 39.9 Å². The second-order valence-electron chi connectivity index (χ2n) is 10.6. The Labute approximate surface area is 265 Å². The first-order valence-corrected chi connectivity index (χ1v) is 14.7. The lowest BCUT2D eigenvalue weighted by molar-refractivity contribution is -0.119. The summed E-state index contributed by atoms with van der Waals surface area (Å²) in [4.78, 5) is 31.4. The SMILES string of the molecule is COc1cn([C@@H]2CCC[C@@H](C)C(=O)Nc3cnn(C(F)F)c3-c3ccnc2c3)c(=O)cc1-c1cc(Cl)ccc1-n1cc(Cl)nn1. The van der Waals surface area contributed by atoms with E-state index in [2.05, 4.69) is 25.7 Å². The summed E-state index contributed by atoms with van der Waals surface area (Å²) in [6.07, 6.45) is 7.29. The van der Waals surface area contributed by atoms with Crippen molar-refractivity contribution in [3.8, 4) is 33.8 Å². The molecule has 2 bridgehead atoms. The first-order chi connectivity index (χ1) is 21.6. The van der Waals surface area contributed by atoms with E-state index in [0.717, 1.165) is 0 Å². The zero-order valence-electron chi connectivity index (χ0n) is 24.0. The highest BCUT2D eigenvalue weighted by molar-refractivity contribution is 6.31. The number of fused-ring (bicyclic) bond motifs is 4. The molecule has 2 atom stereocenters. The number of alkyl halides is 2. The standard InChI is InChI=1S/C30H26Cl2F2N8O3/c1-16-4-3-5-24(21-10-17(8-9-35-21)28-22(37-29(16)44)13-36-42(28)30(33)34)40-14-25(45-2)20(12-27(40)43)19-11-18(31)6-7-23(19)41-15-26(32)38-39-41/h6-16,24,30H,3-5H2,1-2H3,(H,37,44)/t16-,24-/m1/s1. The van der Waals surface area contributed by atoms with E-state index in [1.54, 1.807) is 43.5 Å². The van der Waals surface area contributed by atoms with Crippen LogP contribution in [0.2, 0.25) is 10.2 Å². The predicted octanol–water partition coefficient (Wildman–Crippen LogP) is 6.41. The van der Waals surface area contributed by atoms with E-state index in [4.69, 9.17) is 27.9 Å². The lowest BCUT2D eigenvalue weighted by Gasteiger charge is -2.24. The Kier molecular flexibility index (Phi) is 8.38. The maximum Gasteiger partial charge on any atom is 0.333 e. The summed E-state index contributed by atoms with van der Waals surface area (Å²) in [7, 11) is 1.48. The Hall–Kier alpha value is -4.62. The Balaban J connectivity index is 1.50. The summed E-state index contributed by atoms with van der Waals surface area (Å²) in [6.45, 7) is -1.19. The molecule has 0 spiro atoms. The van der Waals surface area contributed by atoms with Crippen molar-refractivity contribution in [3.63, 3.8) is 0 Å². The van der Waals surface area contributed by atoms with Crippen LogP contribution in [0.5, 0.6) is 5.75 Å². The van der Waals surface area contributed by atoms with Gasteiger partial charge in [-0.05, 0) is 43.2 Å². The number of ether oxygens (including phenoxy) is 1. The zero-order valence-corrected chi connectivity index (χ0v) is 25.5. The van der Waals surface area contributed by atoms with Gasteiger partial charge in [0.25, 0.3) is 5.56 Å². The van der Waals surface area contributed by atoms with Gasteiger partial charge in [0.05, 0.1) is 54.5 Å². The molecule has 45 heavy (non-hydrogen) atoms. The van der Waals surface area contributed by atoms with E-state index in [9.17, 15) is 18.4 Å². The van der Waals surface area contributed by atoms with Crippen LogP contribution in [0.3, 0.4) is 0 Å². The number of pyridine rings is 2. The second kappa shape index (κ2) is 12.4. The van der Waals surface area contributed by atoms with Gasteiger partial charge in [-0.15, -0.1) is 5.10 Å². The van der Waals surface area contributed by atoms with Crippen LogP contribution < -0.4 is 15.6 Å². The number of nitrogens with one attached hydrogen (secondary N) is 1. The van der Waals surface area contributed by atoms with Crippen LogP contribution in [-0.2, 0) is 4.79 Å². The molecular weight excluding hydrogens is 629 g/mol. The number of amides is 1. The third kappa shape index (κ3) is 5.92. The Bertz CT molecular complexity index is 1960. The molecule has 1 aliphatic heterocycles. The zero-order chi connectivity index (χ0) is 31.8. The summed E-state index contributed by atoms with van der Waals surface area (Å²) in [5.74, 6) is -0.387. The van der Waals surface area contributed by atoms with Gasteiger partial charge in [0.15, 0.2) is 5.15 Å². The van der Waals surface area contributed by atoms with Crippen molar-refractivity contribution in [2.45, 2.75) is 38.8 Å². The Morgan fingerprint density at radius 3 is 2.62 bits per heavy atom. The van der Waals surface area contributed by atoms with Crippen molar-refractivity contribution in [3.05, 3.63) is 87.4 Å². The molecule has 0 aliphatic carbocycles. The minimum Gasteiger partial charge on any atom is -0.495 e. The van der Waals surface area contributed by atoms with E-state index < -0.39 is 18.5 Å². The number of hydrogen-bond acceptors (Lipinski definition) is 7. The molecule has 5 heterocycles. The lowest BCUT2D eigenvalue weighted by Crippen LogP contribution is -2.27. The molecule has 15 heteroatoms. The Morgan fingerprint density at radius 1 is 1.07 bits per heavy atom. The number of benzene rings is 1. The maximum absolute atomic E-state index is 14.0. The van der Waals surface area contributed by atoms with Crippen molar-refractivity contribution >= 4 is 34.8 Å². The van der Waals surface area contributed by atoms with Gasteiger partial charge in [-0.3, -0.25) is 14.6 Å². The molecule has 0 fully saturated rings. The van der Waals surface area contributed by atoms with Gasteiger partial charge < -0.3 is 14.6 Å². The fourth-order valence-electron chi connectivity index (χ4n) is 5.53. The molecule has 1 aromatic carbocycles. The Morgan fingerprint density at radius 2 is 1.89 bits per heavy atom. The first-order valence-electron chi connectivity index (χ1n) is 14.0. The van der Waals surface area contributed by atoms with E-state index in [-0.39, 0.29) is 28.0 Å². The summed E-state index contributed by atoms with van der Waals surface area (Å²) < 4.78 is 37.3. The van der Waals surface area contributed by atoms with Crippen LogP contribution >= 0.6 is 23.2 Å². The van der Waals surface area contributed by atoms with Crippen LogP contribution in [-0.4, -0.2) is 47.3 Å².